The summed E-state index contributed by atoms with van der Waals surface area (Å²) in [5.74, 6) is 7.48. The normalized spacial score (nSPS) is 26.8. The van der Waals surface area contributed by atoms with Gasteiger partial charge in [-0.2, -0.15) is 0 Å². The van der Waals surface area contributed by atoms with E-state index in [9.17, 15) is 9.90 Å². The molecule has 0 radical (unpaired) electrons. The number of carbonyl (C=O) groups is 1. The first-order valence-electron chi connectivity index (χ1n) is 7.18. The predicted molar refractivity (Wildman–Crippen MR) is 76.8 cm³/mol. The Kier molecular flexibility index (Phi) is 3.85. The van der Waals surface area contributed by atoms with Gasteiger partial charge in [0.1, 0.15) is 11.3 Å². The third kappa shape index (κ3) is 2.88. The summed E-state index contributed by atoms with van der Waals surface area (Å²) < 4.78 is 10.1. The minimum Gasteiger partial charge on any atom is -0.507 e. The highest BCUT2D eigenvalue weighted by atomic mass is 16.5. The molecule has 1 saturated heterocycles. The van der Waals surface area contributed by atoms with Gasteiger partial charge < -0.3 is 14.6 Å². The highest BCUT2D eigenvalue weighted by Crippen LogP contribution is 2.40. The Morgan fingerprint density at radius 2 is 2.05 bits per heavy atom. The molecule has 1 aromatic rings. The summed E-state index contributed by atoms with van der Waals surface area (Å²) >= 11 is 0. The van der Waals surface area contributed by atoms with Crippen LogP contribution in [0.5, 0.6) is 5.75 Å². The maximum Gasteiger partial charge on any atom is 0.341 e. The van der Waals surface area contributed by atoms with Crippen molar-refractivity contribution in [2.45, 2.75) is 12.8 Å². The fourth-order valence-corrected chi connectivity index (χ4v) is 3.19. The molecule has 2 atom stereocenters. The van der Waals surface area contributed by atoms with Crippen LogP contribution in [-0.4, -0.2) is 31.4 Å². The lowest BCUT2D eigenvalue weighted by Crippen LogP contribution is -2.01. The van der Waals surface area contributed by atoms with Crippen LogP contribution in [-0.2, 0) is 9.47 Å². The number of phenolic OH excluding ortho intramolecular Hbond substituents is 1. The Labute approximate surface area is 124 Å². The number of ether oxygens (including phenoxy) is 2. The van der Waals surface area contributed by atoms with Crippen LogP contribution in [0.25, 0.3) is 0 Å². The molecule has 4 heteroatoms. The van der Waals surface area contributed by atoms with Crippen LogP contribution in [0.3, 0.4) is 0 Å². The number of fused-ring (bicyclic) bond motifs is 1. The van der Waals surface area contributed by atoms with E-state index in [0.717, 1.165) is 26.1 Å². The molecule has 1 aromatic carbocycles. The van der Waals surface area contributed by atoms with Gasteiger partial charge in [-0.15, -0.1) is 0 Å². The summed E-state index contributed by atoms with van der Waals surface area (Å²) in [6.07, 6.45) is 2.20. The van der Waals surface area contributed by atoms with E-state index in [1.54, 1.807) is 12.1 Å². The number of hydrogen-bond acceptors (Lipinski definition) is 4. The van der Waals surface area contributed by atoms with Gasteiger partial charge in [0.25, 0.3) is 0 Å². The zero-order valence-corrected chi connectivity index (χ0v) is 12.0. The monoisotopic (exact) mass is 286 g/mol. The van der Waals surface area contributed by atoms with Gasteiger partial charge in [-0.25, -0.2) is 4.79 Å². The van der Waals surface area contributed by atoms with Gasteiger partial charge in [-0.1, -0.05) is 11.8 Å². The standard InChI is InChI=1S/C17H18O4/c1-20-17(19)15-5-4-11(8-16(15)18)2-3-12-6-13-9-21-10-14(13)7-12/h4-5,8,12-14,18H,6-7,9-10H2,1H3. The van der Waals surface area contributed by atoms with E-state index < -0.39 is 5.97 Å². The van der Waals surface area contributed by atoms with E-state index in [0.29, 0.717) is 23.3 Å². The lowest BCUT2D eigenvalue weighted by atomic mass is 10.0. The third-order valence-corrected chi connectivity index (χ3v) is 4.33. The molecular weight excluding hydrogens is 268 g/mol. The minimum absolute atomic E-state index is 0.0923. The van der Waals surface area contributed by atoms with Gasteiger partial charge >= 0.3 is 5.97 Å². The molecule has 1 N–H and O–H groups in total. The Hall–Kier alpha value is -1.99. The van der Waals surface area contributed by atoms with Crippen molar-refractivity contribution in [2.24, 2.45) is 17.8 Å². The van der Waals surface area contributed by atoms with E-state index in [4.69, 9.17) is 4.74 Å². The number of rotatable bonds is 1. The molecule has 0 amide bonds. The molecule has 4 nitrogen and oxygen atoms in total. The minimum atomic E-state index is -0.546. The van der Waals surface area contributed by atoms with Gasteiger partial charge in [0.2, 0.25) is 0 Å². The van der Waals surface area contributed by atoms with E-state index >= 15 is 0 Å². The van der Waals surface area contributed by atoms with Crippen molar-refractivity contribution in [1.29, 1.82) is 0 Å². The summed E-state index contributed by atoms with van der Waals surface area (Å²) in [7, 11) is 1.29. The first kappa shape index (κ1) is 14.0. The van der Waals surface area contributed by atoms with Crippen LogP contribution in [0.4, 0.5) is 0 Å². The smallest absolute Gasteiger partial charge is 0.341 e. The number of phenols is 1. The van der Waals surface area contributed by atoms with Gasteiger partial charge in [-0.05, 0) is 42.9 Å². The predicted octanol–water partition coefficient (Wildman–Crippen LogP) is 2.20. The molecular formula is C17H18O4. The SMILES string of the molecule is COC(=O)c1ccc(C#CC2CC3COCC3C2)cc1O. The molecule has 0 spiro atoms. The van der Waals surface area contributed by atoms with E-state index in [2.05, 4.69) is 16.6 Å². The highest BCUT2D eigenvalue weighted by Gasteiger charge is 2.37. The number of carbonyl (C=O) groups excluding carboxylic acids is 1. The fraction of sp³-hybridized carbons (Fsp3) is 0.471. The van der Waals surface area contributed by atoms with Crippen molar-refractivity contribution in [3.8, 4) is 17.6 Å². The van der Waals surface area contributed by atoms with Gasteiger partial charge in [0.05, 0.1) is 7.11 Å². The van der Waals surface area contributed by atoms with Crippen molar-refractivity contribution < 1.29 is 19.4 Å². The summed E-state index contributed by atoms with van der Waals surface area (Å²) in [6.45, 7) is 1.74. The maximum absolute atomic E-state index is 11.4. The average Bonchev–Trinajstić information content (AvgIpc) is 3.05. The molecule has 3 rings (SSSR count). The summed E-state index contributed by atoms with van der Waals surface area (Å²) in [5, 5.41) is 9.83. The van der Waals surface area contributed by atoms with E-state index in [-0.39, 0.29) is 11.3 Å². The molecule has 2 fully saturated rings. The molecule has 1 saturated carbocycles. The van der Waals surface area contributed by atoms with Crippen LogP contribution < -0.4 is 0 Å². The van der Waals surface area contributed by atoms with Gasteiger partial charge in [-0.3, -0.25) is 0 Å². The molecule has 0 bridgehead atoms. The zero-order valence-electron chi connectivity index (χ0n) is 12.0. The molecule has 0 aromatic heterocycles. The van der Waals surface area contributed by atoms with Crippen molar-refractivity contribution >= 4 is 5.97 Å². The number of hydrogen-bond donors (Lipinski definition) is 1. The van der Waals surface area contributed by atoms with Crippen LogP contribution in [0.1, 0.15) is 28.8 Å². The molecule has 1 aliphatic carbocycles. The first-order chi connectivity index (χ1) is 10.2. The Morgan fingerprint density at radius 3 is 2.67 bits per heavy atom. The quantitative estimate of drug-likeness (QED) is 0.635. The van der Waals surface area contributed by atoms with Crippen molar-refractivity contribution in [3.63, 3.8) is 0 Å². The second kappa shape index (κ2) is 5.79. The number of esters is 1. The lowest BCUT2D eigenvalue weighted by molar-refractivity contribution is 0.0597. The van der Waals surface area contributed by atoms with Gasteiger partial charge in [0.15, 0.2) is 0 Å². The van der Waals surface area contributed by atoms with Crippen molar-refractivity contribution in [1.82, 2.24) is 0 Å². The second-order valence-corrected chi connectivity index (χ2v) is 5.72. The Morgan fingerprint density at radius 1 is 1.33 bits per heavy atom. The Balaban J connectivity index is 1.70. The Bertz CT molecular complexity index is 599. The summed E-state index contributed by atoms with van der Waals surface area (Å²) in [4.78, 5) is 11.4. The molecule has 1 aliphatic heterocycles. The molecule has 2 unspecified atom stereocenters. The number of aromatic hydroxyl groups is 1. The molecule has 110 valence electrons. The molecule has 21 heavy (non-hydrogen) atoms. The topological polar surface area (TPSA) is 55.8 Å². The number of methoxy groups -OCH3 is 1. The van der Waals surface area contributed by atoms with E-state index in [1.807, 2.05) is 0 Å². The number of benzene rings is 1. The third-order valence-electron chi connectivity index (χ3n) is 4.33. The lowest BCUT2D eigenvalue weighted by Gasteiger charge is -2.03. The molecule has 2 aliphatic rings. The van der Waals surface area contributed by atoms with Crippen molar-refractivity contribution in [3.05, 3.63) is 29.3 Å². The van der Waals surface area contributed by atoms with Crippen LogP contribution >= 0.6 is 0 Å². The summed E-state index contributed by atoms with van der Waals surface area (Å²) in [5.41, 5.74) is 0.879. The largest absolute Gasteiger partial charge is 0.507 e. The van der Waals surface area contributed by atoms with Crippen LogP contribution in [0.15, 0.2) is 18.2 Å². The van der Waals surface area contributed by atoms with Crippen LogP contribution in [0, 0.1) is 29.6 Å². The average molecular weight is 286 g/mol. The molecule has 1 heterocycles. The zero-order chi connectivity index (χ0) is 14.8. The maximum atomic E-state index is 11.4. The van der Waals surface area contributed by atoms with E-state index in [1.165, 1.54) is 13.2 Å². The highest BCUT2D eigenvalue weighted by molar-refractivity contribution is 5.92. The van der Waals surface area contributed by atoms with Crippen molar-refractivity contribution in [2.75, 3.05) is 20.3 Å². The summed E-state index contributed by atoms with van der Waals surface area (Å²) in [6, 6.07) is 4.79. The fourth-order valence-electron chi connectivity index (χ4n) is 3.19. The first-order valence-corrected chi connectivity index (χ1v) is 7.18. The second-order valence-electron chi connectivity index (χ2n) is 5.72. The van der Waals surface area contributed by atoms with Crippen LogP contribution in [0.2, 0.25) is 0 Å². The van der Waals surface area contributed by atoms with Gasteiger partial charge in [0, 0.05) is 24.7 Å².